The van der Waals surface area contributed by atoms with Gasteiger partial charge in [-0.1, -0.05) is 91.0 Å². The second-order valence-corrected chi connectivity index (χ2v) is 11.8. The third kappa shape index (κ3) is 4.11. The fourth-order valence-electron chi connectivity index (χ4n) is 5.92. The lowest BCUT2D eigenvalue weighted by molar-refractivity contribution is 0.00578. The number of halogens is 1. The van der Waals surface area contributed by atoms with Crippen molar-refractivity contribution in [2.24, 2.45) is 0 Å². The van der Waals surface area contributed by atoms with Gasteiger partial charge in [0.2, 0.25) is 0 Å². The second-order valence-electron chi connectivity index (χ2n) is 11.8. The highest BCUT2D eigenvalue weighted by molar-refractivity contribution is 6.62. The fraction of sp³-hybridized carbons (Fsp3) is 0.167. The van der Waals surface area contributed by atoms with Crippen molar-refractivity contribution in [1.82, 2.24) is 4.57 Å². The number of hydrogen-bond acceptors (Lipinski definition) is 2. The van der Waals surface area contributed by atoms with Crippen LogP contribution in [0.4, 0.5) is 4.39 Å². The molecule has 0 radical (unpaired) electrons. The zero-order valence-electron chi connectivity index (χ0n) is 23.7. The Labute approximate surface area is 239 Å². The third-order valence-corrected chi connectivity index (χ3v) is 8.76. The molecule has 0 N–H and O–H groups in total. The van der Waals surface area contributed by atoms with E-state index in [0.29, 0.717) is 5.46 Å². The zero-order valence-corrected chi connectivity index (χ0v) is 23.7. The molecule has 6 aromatic rings. The van der Waals surface area contributed by atoms with E-state index in [1.807, 2.05) is 45.9 Å². The molecule has 0 aliphatic carbocycles. The van der Waals surface area contributed by atoms with Crippen molar-refractivity contribution in [3.63, 3.8) is 0 Å². The van der Waals surface area contributed by atoms with Gasteiger partial charge in [-0.25, -0.2) is 4.39 Å². The van der Waals surface area contributed by atoms with Crippen molar-refractivity contribution < 1.29 is 13.7 Å². The Morgan fingerprint density at radius 1 is 0.537 bits per heavy atom. The smallest absolute Gasteiger partial charge is 0.399 e. The second kappa shape index (κ2) is 9.44. The van der Waals surface area contributed by atoms with Gasteiger partial charge in [-0.2, -0.15) is 0 Å². The molecule has 0 bridgehead atoms. The summed E-state index contributed by atoms with van der Waals surface area (Å²) < 4.78 is 30.6. The summed E-state index contributed by atoms with van der Waals surface area (Å²) in [5.41, 5.74) is 1.96. The Hall–Kier alpha value is -4.19. The van der Waals surface area contributed by atoms with Gasteiger partial charge in [0, 0.05) is 21.9 Å². The molecule has 5 heteroatoms. The Morgan fingerprint density at radius 3 is 1.37 bits per heavy atom. The molecule has 41 heavy (non-hydrogen) atoms. The van der Waals surface area contributed by atoms with Gasteiger partial charge in [0.15, 0.2) is 0 Å². The molecule has 7 rings (SSSR count). The fourth-order valence-corrected chi connectivity index (χ4v) is 5.92. The molecule has 2 heterocycles. The number of benzene rings is 5. The summed E-state index contributed by atoms with van der Waals surface area (Å²) in [6, 6.07) is 39.1. The van der Waals surface area contributed by atoms with Crippen molar-refractivity contribution in [1.29, 1.82) is 0 Å². The number of rotatable bonds is 2. The number of hydrogen-bond donors (Lipinski definition) is 0. The minimum Gasteiger partial charge on any atom is -0.399 e. The highest BCUT2D eigenvalue weighted by Gasteiger charge is 2.52. The largest absolute Gasteiger partial charge is 0.497 e. The third-order valence-electron chi connectivity index (χ3n) is 8.76. The lowest BCUT2D eigenvalue weighted by atomic mass is 9.78. The van der Waals surface area contributed by atoms with Crippen molar-refractivity contribution in [2.75, 3.05) is 0 Å². The summed E-state index contributed by atoms with van der Waals surface area (Å²) in [6.07, 6.45) is 0. The first-order valence-corrected chi connectivity index (χ1v) is 14.1. The van der Waals surface area contributed by atoms with Crippen molar-refractivity contribution in [3.8, 4) is 5.69 Å². The van der Waals surface area contributed by atoms with Crippen LogP contribution in [0.2, 0.25) is 0 Å². The molecule has 1 saturated heterocycles. The maximum Gasteiger partial charge on any atom is 0.497 e. The molecule has 202 valence electrons. The first-order valence-electron chi connectivity index (χ1n) is 14.1. The maximum atomic E-state index is 16.1. The predicted octanol–water partition coefficient (Wildman–Crippen LogP) is 8.65. The monoisotopic (exact) mass is 539 g/mol. The molecule has 0 unspecified atom stereocenters. The molecule has 1 aromatic heterocycles. The minimum atomic E-state index is -0.775. The minimum absolute atomic E-state index is 0.364. The highest BCUT2D eigenvalue weighted by atomic mass is 19.1. The molecule has 3 nitrogen and oxygen atoms in total. The van der Waals surface area contributed by atoms with Crippen LogP contribution in [0, 0.1) is 5.82 Å². The van der Waals surface area contributed by atoms with Gasteiger partial charge in [-0.3, -0.25) is 0 Å². The average Bonchev–Trinajstić information content (AvgIpc) is 3.21. The molecular weight excluding hydrogens is 508 g/mol. The van der Waals surface area contributed by atoms with Crippen LogP contribution in [0.5, 0.6) is 0 Å². The topological polar surface area (TPSA) is 23.4 Å². The van der Waals surface area contributed by atoms with Crippen LogP contribution in [0.1, 0.15) is 27.7 Å². The molecule has 5 aromatic carbocycles. The van der Waals surface area contributed by atoms with Crippen molar-refractivity contribution in [3.05, 3.63) is 121 Å². The molecule has 1 fully saturated rings. The van der Waals surface area contributed by atoms with Gasteiger partial charge in [0.1, 0.15) is 5.82 Å². The molecule has 1 aliphatic heterocycles. The predicted molar refractivity (Wildman–Crippen MR) is 169 cm³/mol. The van der Waals surface area contributed by atoms with Crippen LogP contribution in [-0.4, -0.2) is 22.9 Å². The Morgan fingerprint density at radius 2 is 0.927 bits per heavy atom. The highest BCUT2D eigenvalue weighted by Crippen LogP contribution is 2.37. The molecular formula is C36H31BFNO2. The molecule has 0 spiro atoms. The van der Waals surface area contributed by atoms with Gasteiger partial charge in [0.25, 0.3) is 0 Å². The lowest BCUT2D eigenvalue weighted by Crippen LogP contribution is -2.41. The van der Waals surface area contributed by atoms with E-state index in [2.05, 4.69) is 89.5 Å². The maximum absolute atomic E-state index is 16.1. The quantitative estimate of drug-likeness (QED) is 0.206. The number of para-hydroxylation sites is 2. The van der Waals surface area contributed by atoms with Crippen LogP contribution >= 0.6 is 0 Å². The summed E-state index contributed by atoms with van der Waals surface area (Å²) in [5.74, 6) is -0.364. The zero-order chi connectivity index (χ0) is 28.4. The van der Waals surface area contributed by atoms with Crippen LogP contribution < -0.4 is 5.46 Å². The van der Waals surface area contributed by atoms with Crippen LogP contribution in [0.25, 0.3) is 49.0 Å². The molecule has 1 aliphatic rings. The number of aromatic nitrogens is 1. The van der Waals surface area contributed by atoms with Gasteiger partial charge in [-0.15, -0.1) is 0 Å². The van der Waals surface area contributed by atoms with Crippen LogP contribution in [0.3, 0.4) is 0 Å². The summed E-state index contributed by atoms with van der Waals surface area (Å²) in [6.45, 7) is 7.91. The first-order chi connectivity index (χ1) is 19.7. The van der Waals surface area contributed by atoms with E-state index in [4.69, 9.17) is 9.31 Å². The molecule has 0 saturated carbocycles. The summed E-state index contributed by atoms with van der Waals surface area (Å²) in [7, 11) is -0.775. The normalized spacial score (nSPS) is 16.1. The van der Waals surface area contributed by atoms with Gasteiger partial charge < -0.3 is 13.9 Å². The van der Waals surface area contributed by atoms with E-state index in [1.165, 1.54) is 0 Å². The van der Waals surface area contributed by atoms with Crippen LogP contribution in [-0.2, 0) is 9.31 Å². The first kappa shape index (κ1) is 25.8. The van der Waals surface area contributed by atoms with E-state index in [9.17, 15) is 0 Å². The Bertz CT molecular complexity index is 1920. The van der Waals surface area contributed by atoms with E-state index < -0.39 is 18.3 Å². The summed E-state index contributed by atoms with van der Waals surface area (Å²) >= 11 is 0. The molecule has 0 atom stereocenters. The van der Waals surface area contributed by atoms with Crippen molar-refractivity contribution >= 4 is 55.9 Å². The Balaban J connectivity index is 1.61. The van der Waals surface area contributed by atoms with Crippen molar-refractivity contribution in [2.45, 2.75) is 38.9 Å². The van der Waals surface area contributed by atoms with E-state index in [0.717, 1.165) is 49.0 Å². The SMILES string of the molecule is CC1(C)OB(c2ccc(-n3c4ccccc4c4ccccc4c4ccccc4c4ccccc43)cc2F)OC1(C)C. The average molecular weight is 539 g/mol. The van der Waals surface area contributed by atoms with Gasteiger partial charge >= 0.3 is 7.12 Å². The standard InChI is InChI=1S/C36H31BFNO2/c1-35(2)36(3,4)41-37(40-35)31-22-21-24(23-32(31)38)39-33-19-11-9-17-29(33)27-15-7-5-13-25(27)26-14-6-8-16-28(26)30-18-10-12-20-34(30)39/h5-23H,1-4H3. The van der Waals surface area contributed by atoms with Crippen LogP contribution in [0.15, 0.2) is 115 Å². The molecule has 0 amide bonds. The van der Waals surface area contributed by atoms with E-state index >= 15 is 4.39 Å². The Kier molecular flexibility index (Phi) is 5.93. The number of fused-ring (bicyclic) bond motifs is 7. The van der Waals surface area contributed by atoms with E-state index in [1.54, 1.807) is 12.1 Å². The van der Waals surface area contributed by atoms with E-state index in [-0.39, 0.29) is 5.82 Å². The van der Waals surface area contributed by atoms with Gasteiger partial charge in [0.05, 0.1) is 22.2 Å². The number of nitrogens with zero attached hydrogens (tertiary/aromatic N) is 1. The summed E-state index contributed by atoms with van der Waals surface area (Å²) in [4.78, 5) is 0. The van der Waals surface area contributed by atoms with Gasteiger partial charge in [-0.05, 0) is 73.5 Å². The summed E-state index contributed by atoms with van der Waals surface area (Å²) in [5, 5.41) is 6.73. The lowest BCUT2D eigenvalue weighted by Gasteiger charge is -2.32.